The highest BCUT2D eigenvalue weighted by Gasteiger charge is 2.39. The molecule has 1 aromatic rings. The number of nitro groups is 1. The summed E-state index contributed by atoms with van der Waals surface area (Å²) in [6, 6.07) is 4.58. The summed E-state index contributed by atoms with van der Waals surface area (Å²) in [6.07, 6.45) is 7.07. The Morgan fingerprint density at radius 1 is 1.45 bits per heavy atom. The van der Waals surface area contributed by atoms with Crippen molar-refractivity contribution in [3.63, 3.8) is 0 Å². The Kier molecular flexibility index (Phi) is 4.35. The number of rotatable bonds is 7. The van der Waals surface area contributed by atoms with Gasteiger partial charge in [-0.25, -0.2) is 0 Å². The lowest BCUT2D eigenvalue weighted by Crippen LogP contribution is -2.15. The molecule has 6 nitrogen and oxygen atoms in total. The Morgan fingerprint density at radius 2 is 2.20 bits per heavy atom. The molecule has 104 valence electrons. The highest BCUT2D eigenvalue weighted by Crippen LogP contribution is 2.37. The van der Waals surface area contributed by atoms with E-state index in [1.165, 1.54) is 6.07 Å². The molecule has 0 N–H and O–H groups in total. The first-order valence-electron chi connectivity index (χ1n) is 6.01. The SMILES string of the molecule is C#CCCC1(CCOc2cc(Br)ccc2[N+](=O)[O-])N=N1. The van der Waals surface area contributed by atoms with Gasteiger partial charge < -0.3 is 4.74 Å². The van der Waals surface area contributed by atoms with Crippen molar-refractivity contribution in [3.05, 3.63) is 32.8 Å². The van der Waals surface area contributed by atoms with Crippen molar-refractivity contribution in [2.45, 2.75) is 24.9 Å². The number of hydrogen-bond acceptors (Lipinski definition) is 5. The van der Waals surface area contributed by atoms with Crippen LogP contribution in [0.25, 0.3) is 0 Å². The lowest BCUT2D eigenvalue weighted by molar-refractivity contribution is -0.385. The number of nitrogens with zero attached hydrogens (tertiary/aromatic N) is 3. The molecule has 0 amide bonds. The zero-order valence-electron chi connectivity index (χ0n) is 10.6. The molecule has 1 aliphatic heterocycles. The molecule has 0 bridgehead atoms. The summed E-state index contributed by atoms with van der Waals surface area (Å²) in [5.74, 6) is 2.78. The first kappa shape index (κ1) is 14.5. The van der Waals surface area contributed by atoms with Gasteiger partial charge in [0.15, 0.2) is 11.4 Å². The third kappa shape index (κ3) is 3.54. The molecule has 2 rings (SSSR count). The fourth-order valence-electron chi connectivity index (χ4n) is 1.75. The Bertz CT molecular complexity index is 589. The average molecular weight is 338 g/mol. The highest BCUT2D eigenvalue weighted by atomic mass is 79.9. The zero-order valence-corrected chi connectivity index (χ0v) is 12.2. The second-order valence-electron chi connectivity index (χ2n) is 4.35. The van der Waals surface area contributed by atoms with Crippen molar-refractivity contribution in [1.82, 2.24) is 0 Å². The van der Waals surface area contributed by atoms with Gasteiger partial charge in [-0.15, -0.1) is 12.3 Å². The Hall–Kier alpha value is -1.94. The quantitative estimate of drug-likeness (QED) is 0.432. The number of halogens is 1. The molecule has 1 heterocycles. The fraction of sp³-hybridized carbons (Fsp3) is 0.385. The number of hydrogen-bond donors (Lipinski definition) is 0. The maximum absolute atomic E-state index is 10.9. The van der Waals surface area contributed by atoms with Gasteiger partial charge in [0.25, 0.3) is 0 Å². The number of ether oxygens (including phenoxy) is 1. The molecule has 0 saturated heterocycles. The van der Waals surface area contributed by atoms with Crippen LogP contribution in [0.3, 0.4) is 0 Å². The van der Waals surface area contributed by atoms with E-state index in [2.05, 4.69) is 32.1 Å². The van der Waals surface area contributed by atoms with E-state index in [9.17, 15) is 10.1 Å². The molecule has 0 aliphatic carbocycles. The van der Waals surface area contributed by atoms with Crippen LogP contribution in [0.2, 0.25) is 0 Å². The standard InChI is InChI=1S/C13H12BrN3O3/c1-2-3-6-13(15-16-13)7-8-20-12-9-10(14)4-5-11(12)17(18)19/h1,4-5,9H,3,6-8H2. The first-order valence-corrected chi connectivity index (χ1v) is 6.80. The number of terminal acetylenes is 1. The van der Waals surface area contributed by atoms with E-state index in [4.69, 9.17) is 11.2 Å². The molecule has 0 atom stereocenters. The van der Waals surface area contributed by atoms with Gasteiger partial charge in [-0.3, -0.25) is 10.1 Å². The van der Waals surface area contributed by atoms with Crippen LogP contribution in [-0.4, -0.2) is 17.2 Å². The van der Waals surface area contributed by atoms with E-state index in [0.717, 1.165) is 4.47 Å². The van der Waals surface area contributed by atoms with E-state index < -0.39 is 10.6 Å². The van der Waals surface area contributed by atoms with Crippen LogP contribution in [0.1, 0.15) is 19.3 Å². The minimum Gasteiger partial charge on any atom is -0.487 e. The topological polar surface area (TPSA) is 77.1 Å². The second-order valence-corrected chi connectivity index (χ2v) is 5.27. The molecule has 0 unspecified atom stereocenters. The van der Waals surface area contributed by atoms with E-state index in [1.807, 2.05) is 0 Å². The average Bonchev–Trinajstić information content (AvgIpc) is 3.17. The van der Waals surface area contributed by atoms with Crippen LogP contribution in [0.15, 0.2) is 32.9 Å². The molecule has 0 fully saturated rings. The minimum atomic E-state index is -0.470. The molecule has 20 heavy (non-hydrogen) atoms. The zero-order chi connectivity index (χ0) is 14.6. The van der Waals surface area contributed by atoms with Gasteiger partial charge in [0.2, 0.25) is 0 Å². The van der Waals surface area contributed by atoms with Crippen LogP contribution in [0.5, 0.6) is 5.75 Å². The predicted octanol–water partition coefficient (Wildman–Crippen LogP) is 3.70. The van der Waals surface area contributed by atoms with Gasteiger partial charge in [-0.1, -0.05) is 15.9 Å². The Balaban J connectivity index is 1.93. The fourth-order valence-corrected chi connectivity index (χ4v) is 2.09. The summed E-state index contributed by atoms with van der Waals surface area (Å²) < 4.78 is 6.21. The molecule has 1 aliphatic rings. The third-order valence-electron chi connectivity index (χ3n) is 2.93. The maximum Gasteiger partial charge on any atom is 0.310 e. The van der Waals surface area contributed by atoms with Crippen LogP contribution in [-0.2, 0) is 0 Å². The van der Waals surface area contributed by atoms with Crippen molar-refractivity contribution >= 4 is 21.6 Å². The van der Waals surface area contributed by atoms with Gasteiger partial charge in [0.1, 0.15) is 0 Å². The molecule has 7 heteroatoms. The van der Waals surface area contributed by atoms with Crippen LogP contribution in [0, 0.1) is 22.5 Å². The predicted molar refractivity (Wildman–Crippen MR) is 76.6 cm³/mol. The molecule has 0 radical (unpaired) electrons. The van der Waals surface area contributed by atoms with Crippen LogP contribution in [0.4, 0.5) is 5.69 Å². The largest absolute Gasteiger partial charge is 0.487 e. The number of nitro benzene ring substituents is 1. The van der Waals surface area contributed by atoms with Gasteiger partial charge >= 0.3 is 5.69 Å². The summed E-state index contributed by atoms with van der Waals surface area (Å²) >= 11 is 3.26. The lowest BCUT2D eigenvalue weighted by Gasteiger charge is -2.10. The number of benzene rings is 1. The van der Waals surface area contributed by atoms with Crippen molar-refractivity contribution in [3.8, 4) is 18.1 Å². The molecule has 1 aromatic carbocycles. The maximum atomic E-state index is 10.9. The van der Waals surface area contributed by atoms with E-state index in [0.29, 0.717) is 25.9 Å². The van der Waals surface area contributed by atoms with E-state index in [-0.39, 0.29) is 11.4 Å². The lowest BCUT2D eigenvalue weighted by atomic mass is 10.1. The van der Waals surface area contributed by atoms with E-state index in [1.54, 1.807) is 12.1 Å². The van der Waals surface area contributed by atoms with Gasteiger partial charge in [0.05, 0.1) is 11.5 Å². The molecule has 0 spiro atoms. The third-order valence-corrected chi connectivity index (χ3v) is 3.42. The van der Waals surface area contributed by atoms with Crippen LogP contribution < -0.4 is 4.74 Å². The molecule has 0 saturated carbocycles. The molecular weight excluding hydrogens is 326 g/mol. The second kappa shape index (κ2) is 6.01. The minimum absolute atomic E-state index is 0.0597. The molecular formula is C13H12BrN3O3. The highest BCUT2D eigenvalue weighted by molar-refractivity contribution is 9.10. The van der Waals surface area contributed by atoms with Crippen molar-refractivity contribution in [2.75, 3.05) is 6.61 Å². The van der Waals surface area contributed by atoms with Crippen molar-refractivity contribution in [1.29, 1.82) is 0 Å². The summed E-state index contributed by atoms with van der Waals surface area (Å²) in [5.41, 5.74) is -0.497. The molecule has 0 aromatic heterocycles. The van der Waals surface area contributed by atoms with Gasteiger partial charge in [0, 0.05) is 35.9 Å². The Morgan fingerprint density at radius 3 is 2.80 bits per heavy atom. The smallest absolute Gasteiger partial charge is 0.310 e. The first-order chi connectivity index (χ1) is 9.56. The monoisotopic (exact) mass is 337 g/mol. The van der Waals surface area contributed by atoms with Gasteiger partial charge in [-0.05, 0) is 6.07 Å². The van der Waals surface area contributed by atoms with Crippen molar-refractivity contribution < 1.29 is 9.66 Å². The summed E-state index contributed by atoms with van der Waals surface area (Å²) in [7, 11) is 0. The normalized spacial score (nSPS) is 14.6. The summed E-state index contributed by atoms with van der Waals surface area (Å²) in [5, 5.41) is 18.9. The van der Waals surface area contributed by atoms with Crippen LogP contribution >= 0.6 is 15.9 Å². The van der Waals surface area contributed by atoms with E-state index >= 15 is 0 Å². The summed E-state index contributed by atoms with van der Waals surface area (Å²) in [6.45, 7) is 0.300. The Labute approximate surface area is 124 Å². The van der Waals surface area contributed by atoms with Crippen molar-refractivity contribution in [2.24, 2.45) is 10.2 Å². The summed E-state index contributed by atoms with van der Waals surface area (Å²) in [4.78, 5) is 10.4. The van der Waals surface area contributed by atoms with Gasteiger partial charge in [-0.2, -0.15) is 10.2 Å².